The number of aromatic nitrogens is 4. The first kappa shape index (κ1) is 26.5. The summed E-state index contributed by atoms with van der Waals surface area (Å²) in [6, 6.07) is 8.55. The lowest BCUT2D eigenvalue weighted by Crippen LogP contribution is -2.39. The van der Waals surface area contributed by atoms with Gasteiger partial charge >= 0.3 is 0 Å². The van der Waals surface area contributed by atoms with Crippen LogP contribution >= 0.6 is 0 Å². The summed E-state index contributed by atoms with van der Waals surface area (Å²) in [5.41, 5.74) is 1.10. The molecule has 0 saturated carbocycles. The van der Waals surface area contributed by atoms with Crippen molar-refractivity contribution in [1.29, 1.82) is 0 Å². The standard InChI is InChI=1S/C28H31N7O6/c1-32-10-8-29-27(38)21-3-2-9-33(28(21)39)14-20-15-35(31-30-20)22-16-34(13-19(22)12-26(32)37)25(36)7-5-18-4-6-23-24(11-18)41-17-40-23/h2-4,6,9,11,15,19,22H,5,7-8,10,12-14,16-17H2,1H3,(H,29,38)/t19-,22+/m0/s1. The van der Waals surface area contributed by atoms with E-state index in [1.165, 1.54) is 10.6 Å². The number of carbonyl (C=O) groups excluding carboxylic acids is 3. The van der Waals surface area contributed by atoms with E-state index in [0.717, 1.165) is 5.56 Å². The van der Waals surface area contributed by atoms with Crippen LogP contribution in [0.1, 0.15) is 40.5 Å². The molecule has 2 atom stereocenters. The van der Waals surface area contributed by atoms with Crippen LogP contribution in [0.2, 0.25) is 0 Å². The molecular formula is C28H31N7O6. The maximum atomic E-state index is 13.3. The van der Waals surface area contributed by atoms with E-state index in [2.05, 4.69) is 15.6 Å². The van der Waals surface area contributed by atoms with Crippen molar-refractivity contribution < 1.29 is 23.9 Å². The number of hydrogen-bond acceptors (Lipinski definition) is 8. The van der Waals surface area contributed by atoms with Crippen LogP contribution in [0, 0.1) is 5.92 Å². The molecule has 13 heteroatoms. The number of nitrogens with one attached hydrogen (secondary N) is 1. The summed E-state index contributed by atoms with van der Waals surface area (Å²) in [6.45, 7) is 1.64. The smallest absolute Gasteiger partial charge is 0.263 e. The number of carbonyl (C=O) groups is 3. The van der Waals surface area contributed by atoms with Crippen molar-refractivity contribution in [2.45, 2.75) is 31.8 Å². The molecule has 1 saturated heterocycles. The largest absolute Gasteiger partial charge is 0.454 e. The fourth-order valence-corrected chi connectivity index (χ4v) is 5.56. The van der Waals surface area contributed by atoms with E-state index in [4.69, 9.17) is 9.47 Å². The average Bonchev–Trinajstić information content (AvgIpc) is 3.72. The summed E-state index contributed by atoms with van der Waals surface area (Å²) in [5.74, 6) is 0.611. The average molecular weight is 562 g/mol. The molecule has 214 valence electrons. The van der Waals surface area contributed by atoms with Crippen molar-refractivity contribution >= 4 is 17.7 Å². The predicted octanol–water partition coefficient (Wildman–Crippen LogP) is 0.441. The second-order valence-corrected chi connectivity index (χ2v) is 10.6. The molecule has 3 aliphatic heterocycles. The Morgan fingerprint density at radius 1 is 1.12 bits per heavy atom. The van der Waals surface area contributed by atoms with Crippen LogP contribution in [-0.2, 0) is 22.6 Å². The van der Waals surface area contributed by atoms with Gasteiger partial charge < -0.3 is 29.2 Å². The second kappa shape index (κ2) is 11.1. The quantitative estimate of drug-likeness (QED) is 0.486. The number of amides is 3. The molecule has 3 amide bonds. The number of benzene rings is 1. The molecule has 5 heterocycles. The van der Waals surface area contributed by atoms with Crippen molar-refractivity contribution in [3.05, 3.63) is 69.9 Å². The summed E-state index contributed by atoms with van der Waals surface area (Å²) in [5, 5.41) is 11.3. The van der Waals surface area contributed by atoms with E-state index in [1.807, 2.05) is 18.2 Å². The number of hydrogen-bond donors (Lipinski definition) is 1. The molecule has 0 spiro atoms. The molecule has 3 aliphatic rings. The maximum Gasteiger partial charge on any atom is 0.263 e. The van der Waals surface area contributed by atoms with Crippen LogP contribution in [0.3, 0.4) is 0 Å². The van der Waals surface area contributed by atoms with Crippen LogP contribution in [-0.4, -0.2) is 87.1 Å². The van der Waals surface area contributed by atoms with Gasteiger partial charge in [-0.1, -0.05) is 11.3 Å². The Kier molecular flexibility index (Phi) is 7.16. The van der Waals surface area contributed by atoms with Crippen LogP contribution < -0.4 is 20.3 Å². The third-order valence-electron chi connectivity index (χ3n) is 7.91. The van der Waals surface area contributed by atoms with Crippen molar-refractivity contribution in [2.24, 2.45) is 5.92 Å². The highest BCUT2D eigenvalue weighted by Crippen LogP contribution is 2.34. The van der Waals surface area contributed by atoms with Gasteiger partial charge in [0.15, 0.2) is 11.5 Å². The molecule has 3 aromatic rings. The Hall–Kier alpha value is -4.68. The minimum atomic E-state index is -0.494. The lowest BCUT2D eigenvalue weighted by molar-refractivity contribution is -0.132. The Morgan fingerprint density at radius 2 is 1.98 bits per heavy atom. The van der Waals surface area contributed by atoms with Crippen LogP contribution in [0.4, 0.5) is 0 Å². The Balaban J connectivity index is 1.21. The first-order valence-electron chi connectivity index (χ1n) is 13.6. The lowest BCUT2D eigenvalue weighted by Gasteiger charge is -2.22. The number of fused-ring (bicyclic) bond motifs is 7. The second-order valence-electron chi connectivity index (χ2n) is 10.6. The third-order valence-corrected chi connectivity index (χ3v) is 7.91. The number of aryl methyl sites for hydroxylation is 1. The van der Waals surface area contributed by atoms with Gasteiger partial charge in [-0.25, -0.2) is 4.68 Å². The van der Waals surface area contributed by atoms with E-state index in [-0.39, 0.29) is 62.2 Å². The molecule has 0 aliphatic carbocycles. The fourth-order valence-electron chi connectivity index (χ4n) is 5.56. The zero-order chi connectivity index (χ0) is 28.5. The monoisotopic (exact) mass is 561 g/mol. The molecule has 1 N–H and O–H groups in total. The van der Waals surface area contributed by atoms with Crippen molar-refractivity contribution in [3.63, 3.8) is 0 Å². The normalized spacial score (nSPS) is 20.6. The topological polar surface area (TPSA) is 141 Å². The third kappa shape index (κ3) is 5.52. The SMILES string of the molecule is CN1CCNC(=O)c2cccn(c2=O)Cc2cn(nn2)[C@@H]2CN(C(=O)CCc3ccc4c(c3)OCO4)C[C@@H]2CC1=O. The highest BCUT2D eigenvalue weighted by atomic mass is 16.7. The molecule has 2 aromatic heterocycles. The summed E-state index contributed by atoms with van der Waals surface area (Å²) in [4.78, 5) is 55.4. The molecule has 13 nitrogen and oxygen atoms in total. The number of rotatable bonds is 3. The maximum absolute atomic E-state index is 13.3. The van der Waals surface area contributed by atoms with Gasteiger partial charge in [-0.2, -0.15) is 0 Å². The summed E-state index contributed by atoms with van der Waals surface area (Å²) in [7, 11) is 1.68. The number of ether oxygens (including phenoxy) is 2. The highest BCUT2D eigenvalue weighted by molar-refractivity contribution is 5.93. The Morgan fingerprint density at radius 3 is 2.85 bits per heavy atom. The molecule has 0 radical (unpaired) electrons. The van der Waals surface area contributed by atoms with Gasteiger partial charge in [0.2, 0.25) is 18.6 Å². The van der Waals surface area contributed by atoms with E-state index >= 15 is 0 Å². The molecule has 41 heavy (non-hydrogen) atoms. The van der Waals surface area contributed by atoms with Gasteiger partial charge in [0, 0.05) is 58.2 Å². The Bertz CT molecular complexity index is 1550. The van der Waals surface area contributed by atoms with Gasteiger partial charge in [-0.15, -0.1) is 5.10 Å². The van der Waals surface area contributed by atoms with Gasteiger partial charge in [-0.05, 0) is 36.2 Å². The van der Waals surface area contributed by atoms with Crippen molar-refractivity contribution in [1.82, 2.24) is 34.7 Å². The zero-order valence-corrected chi connectivity index (χ0v) is 22.7. The number of nitrogens with zero attached hydrogens (tertiary/aromatic N) is 6. The van der Waals surface area contributed by atoms with Crippen LogP contribution in [0.5, 0.6) is 11.5 Å². The number of likely N-dealkylation sites (N-methyl/N-ethyl adjacent to an activating group) is 1. The van der Waals surface area contributed by atoms with Crippen molar-refractivity contribution in [3.8, 4) is 11.5 Å². The minimum absolute atomic E-state index is 0.00622. The van der Waals surface area contributed by atoms with Gasteiger partial charge in [0.1, 0.15) is 11.3 Å². The summed E-state index contributed by atoms with van der Waals surface area (Å²) in [6.07, 6.45) is 4.43. The van der Waals surface area contributed by atoms with Crippen LogP contribution in [0.25, 0.3) is 0 Å². The minimum Gasteiger partial charge on any atom is -0.454 e. The lowest BCUT2D eigenvalue weighted by atomic mass is 9.99. The Labute approximate surface area is 235 Å². The fraction of sp³-hybridized carbons (Fsp3) is 0.429. The van der Waals surface area contributed by atoms with Crippen molar-refractivity contribution in [2.75, 3.05) is 40.0 Å². The predicted molar refractivity (Wildman–Crippen MR) is 144 cm³/mol. The van der Waals surface area contributed by atoms with E-state index in [1.54, 1.807) is 40.0 Å². The van der Waals surface area contributed by atoms with E-state index in [0.29, 0.717) is 43.1 Å². The van der Waals surface area contributed by atoms with E-state index in [9.17, 15) is 19.2 Å². The first-order valence-corrected chi connectivity index (χ1v) is 13.6. The first-order chi connectivity index (χ1) is 19.9. The molecule has 1 aromatic carbocycles. The molecule has 1 fully saturated rings. The zero-order valence-electron chi connectivity index (χ0n) is 22.7. The number of pyridine rings is 1. The number of likely N-dealkylation sites (tertiary alicyclic amines) is 1. The highest BCUT2D eigenvalue weighted by Gasteiger charge is 2.38. The van der Waals surface area contributed by atoms with Gasteiger partial charge in [-0.3, -0.25) is 19.2 Å². The molecule has 0 unspecified atom stereocenters. The summed E-state index contributed by atoms with van der Waals surface area (Å²) >= 11 is 0. The summed E-state index contributed by atoms with van der Waals surface area (Å²) < 4.78 is 13.9. The molecule has 6 rings (SSSR count). The molecular weight excluding hydrogens is 530 g/mol. The van der Waals surface area contributed by atoms with E-state index < -0.39 is 11.5 Å². The van der Waals surface area contributed by atoms with Gasteiger partial charge in [0.05, 0.1) is 18.8 Å². The molecule has 4 bridgehead atoms. The van der Waals surface area contributed by atoms with Gasteiger partial charge in [0.25, 0.3) is 11.5 Å². The van der Waals surface area contributed by atoms with Crippen LogP contribution in [0.15, 0.2) is 47.5 Å².